The lowest BCUT2D eigenvalue weighted by Crippen LogP contribution is -2.26. The molecule has 0 aliphatic carbocycles. The van der Waals surface area contributed by atoms with Gasteiger partial charge in [0.25, 0.3) is 5.69 Å². The molecule has 1 unspecified atom stereocenters. The number of carbonyl (C=O) groups is 1. The normalized spacial score (nSPS) is 11.7. The van der Waals surface area contributed by atoms with Crippen LogP contribution in [0.1, 0.15) is 6.92 Å². The average Bonchev–Trinajstić information content (AvgIpc) is 2.37. The molecule has 0 aliphatic rings. The lowest BCUT2D eigenvalue weighted by molar-refractivity contribution is -0.384. The molecule has 7 nitrogen and oxygen atoms in total. The van der Waals surface area contributed by atoms with E-state index in [9.17, 15) is 14.9 Å². The Hall–Kier alpha value is -2.15. The molecule has 3 N–H and O–H groups in total. The Balaban J connectivity index is 3.01. The fraction of sp³-hybridized carbons (Fsp3) is 0.364. The summed E-state index contributed by atoms with van der Waals surface area (Å²) in [4.78, 5) is 21.8. The fourth-order valence-electron chi connectivity index (χ4n) is 1.27. The van der Waals surface area contributed by atoms with Crippen LogP contribution in [0.4, 0.5) is 11.4 Å². The lowest BCUT2D eigenvalue weighted by atomic mass is 10.1. The first kappa shape index (κ1) is 13.9. The van der Waals surface area contributed by atoms with Gasteiger partial charge in [-0.15, -0.1) is 0 Å². The zero-order valence-corrected chi connectivity index (χ0v) is 10.2. The van der Waals surface area contributed by atoms with Gasteiger partial charge in [0.2, 0.25) is 5.91 Å². The van der Waals surface area contributed by atoms with Crippen LogP contribution in [-0.4, -0.2) is 24.5 Å². The number of benzene rings is 1. The Morgan fingerprint density at radius 1 is 1.61 bits per heavy atom. The maximum absolute atomic E-state index is 11.7. The minimum atomic E-state index is -0.540. The highest BCUT2D eigenvalue weighted by Crippen LogP contribution is 2.29. The van der Waals surface area contributed by atoms with Gasteiger partial charge in [-0.2, -0.15) is 0 Å². The van der Waals surface area contributed by atoms with Crippen molar-refractivity contribution in [1.29, 1.82) is 0 Å². The molecule has 0 bridgehead atoms. The maximum atomic E-state index is 11.7. The number of hydrogen-bond acceptors (Lipinski definition) is 5. The molecule has 0 spiro atoms. The van der Waals surface area contributed by atoms with Crippen LogP contribution < -0.4 is 15.8 Å². The number of hydrogen-bond donors (Lipinski definition) is 2. The second-order valence-corrected chi connectivity index (χ2v) is 3.77. The summed E-state index contributed by atoms with van der Waals surface area (Å²) in [5.41, 5.74) is 5.52. The van der Waals surface area contributed by atoms with E-state index in [0.717, 1.165) is 0 Å². The molecule has 1 aromatic carbocycles. The summed E-state index contributed by atoms with van der Waals surface area (Å²) in [5, 5.41) is 13.2. The van der Waals surface area contributed by atoms with Gasteiger partial charge in [-0.25, -0.2) is 0 Å². The van der Waals surface area contributed by atoms with Gasteiger partial charge in [0.05, 0.1) is 17.7 Å². The number of rotatable bonds is 5. The number of nitrogens with two attached hydrogens (primary N) is 1. The number of carbonyl (C=O) groups excluding carboxylic acids is 1. The van der Waals surface area contributed by atoms with E-state index < -0.39 is 4.92 Å². The number of nitrogens with zero attached hydrogens (tertiary/aromatic N) is 1. The summed E-state index contributed by atoms with van der Waals surface area (Å²) < 4.78 is 5.03. The molecular formula is C11H15N3O4. The standard InChI is InChI=1S/C11H15N3O4/c1-7(6-12)11(15)13-9-5-8(14(16)17)3-4-10(9)18-2/h3-5,7H,6,12H2,1-2H3,(H,13,15). The molecule has 1 atom stereocenters. The van der Waals surface area contributed by atoms with Crippen LogP contribution in [0.15, 0.2) is 18.2 Å². The van der Waals surface area contributed by atoms with Gasteiger partial charge in [-0.05, 0) is 6.07 Å². The predicted octanol–water partition coefficient (Wildman–Crippen LogP) is 1.14. The van der Waals surface area contributed by atoms with Crippen molar-refractivity contribution in [2.45, 2.75) is 6.92 Å². The van der Waals surface area contributed by atoms with Gasteiger partial charge in [0.1, 0.15) is 5.75 Å². The minimum absolute atomic E-state index is 0.119. The van der Waals surface area contributed by atoms with E-state index in [2.05, 4.69) is 5.32 Å². The summed E-state index contributed by atoms with van der Waals surface area (Å²) in [7, 11) is 1.42. The van der Waals surface area contributed by atoms with Crippen molar-refractivity contribution in [2.75, 3.05) is 19.0 Å². The van der Waals surface area contributed by atoms with Crippen LogP contribution in [0.5, 0.6) is 5.75 Å². The zero-order chi connectivity index (χ0) is 13.7. The quantitative estimate of drug-likeness (QED) is 0.604. The third-order valence-corrected chi connectivity index (χ3v) is 2.45. The molecule has 1 aromatic rings. The van der Waals surface area contributed by atoms with Gasteiger partial charge in [-0.1, -0.05) is 6.92 Å². The molecule has 0 aliphatic heterocycles. The van der Waals surface area contributed by atoms with Gasteiger partial charge >= 0.3 is 0 Å². The lowest BCUT2D eigenvalue weighted by Gasteiger charge is -2.12. The van der Waals surface area contributed by atoms with Gasteiger partial charge in [-0.3, -0.25) is 14.9 Å². The molecule has 98 valence electrons. The minimum Gasteiger partial charge on any atom is -0.495 e. The van der Waals surface area contributed by atoms with Crippen molar-refractivity contribution in [3.8, 4) is 5.75 Å². The number of ether oxygens (including phenoxy) is 1. The molecule has 0 saturated carbocycles. The van der Waals surface area contributed by atoms with Crippen LogP contribution in [-0.2, 0) is 4.79 Å². The van der Waals surface area contributed by atoms with E-state index in [4.69, 9.17) is 10.5 Å². The molecule has 0 heterocycles. The molecule has 18 heavy (non-hydrogen) atoms. The van der Waals surface area contributed by atoms with Crippen molar-refractivity contribution in [1.82, 2.24) is 0 Å². The van der Waals surface area contributed by atoms with Crippen LogP contribution in [0, 0.1) is 16.0 Å². The van der Waals surface area contributed by atoms with Crippen molar-refractivity contribution < 1.29 is 14.5 Å². The number of anilines is 1. The first-order chi connectivity index (χ1) is 8.49. The van der Waals surface area contributed by atoms with E-state index in [1.807, 2.05) is 0 Å². The van der Waals surface area contributed by atoms with Crippen molar-refractivity contribution in [2.24, 2.45) is 11.7 Å². The highest BCUT2D eigenvalue weighted by Gasteiger charge is 2.16. The second-order valence-electron chi connectivity index (χ2n) is 3.77. The number of nitro groups is 1. The monoisotopic (exact) mass is 253 g/mol. The zero-order valence-electron chi connectivity index (χ0n) is 10.2. The molecule has 1 rings (SSSR count). The number of methoxy groups -OCH3 is 1. The Labute approximate surface area is 104 Å². The summed E-state index contributed by atoms with van der Waals surface area (Å²) >= 11 is 0. The third kappa shape index (κ3) is 3.17. The maximum Gasteiger partial charge on any atom is 0.271 e. The summed E-state index contributed by atoms with van der Waals surface area (Å²) in [6.07, 6.45) is 0. The highest BCUT2D eigenvalue weighted by molar-refractivity contribution is 5.94. The molecule has 0 radical (unpaired) electrons. The highest BCUT2D eigenvalue weighted by atomic mass is 16.6. The largest absolute Gasteiger partial charge is 0.495 e. The predicted molar refractivity (Wildman–Crippen MR) is 66.5 cm³/mol. The van der Waals surface area contributed by atoms with Crippen LogP contribution in [0.2, 0.25) is 0 Å². The SMILES string of the molecule is COc1ccc([N+](=O)[O-])cc1NC(=O)C(C)CN. The number of nitro benzene ring substituents is 1. The molecule has 1 amide bonds. The van der Waals surface area contributed by atoms with Crippen LogP contribution in [0.3, 0.4) is 0 Å². The van der Waals surface area contributed by atoms with E-state index in [0.29, 0.717) is 5.75 Å². The topological polar surface area (TPSA) is 107 Å². The van der Waals surface area contributed by atoms with Gasteiger partial charge in [0.15, 0.2) is 0 Å². The number of non-ortho nitro benzene ring substituents is 1. The fourth-order valence-corrected chi connectivity index (χ4v) is 1.27. The first-order valence-corrected chi connectivity index (χ1v) is 5.33. The van der Waals surface area contributed by atoms with E-state index >= 15 is 0 Å². The van der Waals surface area contributed by atoms with Crippen molar-refractivity contribution in [3.63, 3.8) is 0 Å². The summed E-state index contributed by atoms with van der Waals surface area (Å²) in [6.45, 7) is 1.86. The van der Waals surface area contributed by atoms with E-state index in [1.54, 1.807) is 6.92 Å². The van der Waals surface area contributed by atoms with Crippen LogP contribution >= 0.6 is 0 Å². The summed E-state index contributed by atoms with van der Waals surface area (Å²) in [5.74, 6) is -0.330. The molecule has 7 heteroatoms. The molecular weight excluding hydrogens is 238 g/mol. The van der Waals surface area contributed by atoms with Crippen molar-refractivity contribution in [3.05, 3.63) is 28.3 Å². The Morgan fingerprint density at radius 2 is 2.28 bits per heavy atom. The smallest absolute Gasteiger partial charge is 0.271 e. The third-order valence-electron chi connectivity index (χ3n) is 2.45. The Bertz CT molecular complexity index is 462. The number of amides is 1. The van der Waals surface area contributed by atoms with Gasteiger partial charge in [0, 0.05) is 24.6 Å². The molecule has 0 saturated heterocycles. The second kappa shape index (κ2) is 5.97. The summed E-state index contributed by atoms with van der Waals surface area (Å²) in [6, 6.07) is 3.99. The van der Waals surface area contributed by atoms with E-state index in [-0.39, 0.29) is 29.7 Å². The molecule has 0 aromatic heterocycles. The Morgan fingerprint density at radius 3 is 2.78 bits per heavy atom. The van der Waals surface area contributed by atoms with Crippen molar-refractivity contribution >= 4 is 17.3 Å². The van der Waals surface area contributed by atoms with E-state index in [1.165, 1.54) is 25.3 Å². The van der Waals surface area contributed by atoms with Crippen LogP contribution in [0.25, 0.3) is 0 Å². The first-order valence-electron chi connectivity index (χ1n) is 5.33. The van der Waals surface area contributed by atoms with Gasteiger partial charge < -0.3 is 15.8 Å². The average molecular weight is 253 g/mol. The number of nitrogens with one attached hydrogen (secondary N) is 1. The molecule has 0 fully saturated rings. The Kier molecular flexibility index (Phi) is 4.61.